The van der Waals surface area contributed by atoms with E-state index in [9.17, 15) is 14.7 Å². The van der Waals surface area contributed by atoms with Gasteiger partial charge in [-0.05, 0) is 36.8 Å². The van der Waals surface area contributed by atoms with Gasteiger partial charge in [0.25, 0.3) is 0 Å². The van der Waals surface area contributed by atoms with Gasteiger partial charge < -0.3 is 14.4 Å². The summed E-state index contributed by atoms with van der Waals surface area (Å²) in [7, 11) is 0. The number of halogens is 1. The van der Waals surface area contributed by atoms with E-state index >= 15 is 0 Å². The van der Waals surface area contributed by atoms with Crippen LogP contribution in [0, 0.1) is 0 Å². The Labute approximate surface area is 155 Å². The number of carbonyl (C=O) groups is 1. The first-order valence-corrected chi connectivity index (χ1v) is 8.61. The molecule has 0 spiro atoms. The third kappa shape index (κ3) is 3.73. The molecule has 0 radical (unpaired) electrons. The minimum Gasteiger partial charge on any atom is -0.494 e. The first kappa shape index (κ1) is 18.0. The first-order valence-electron chi connectivity index (χ1n) is 8.23. The van der Waals surface area contributed by atoms with E-state index in [1.807, 2.05) is 31.2 Å². The number of hydrogen-bond donors (Lipinski definition) is 1. The molecule has 0 atom stereocenters. The molecular formula is C20H18ClNO4. The van der Waals surface area contributed by atoms with Gasteiger partial charge in [-0.1, -0.05) is 29.8 Å². The summed E-state index contributed by atoms with van der Waals surface area (Å²) in [6.07, 6.45) is 1.95. The summed E-state index contributed by atoms with van der Waals surface area (Å²) >= 11 is 6.04. The summed E-state index contributed by atoms with van der Waals surface area (Å²) in [4.78, 5) is 24.2. The van der Waals surface area contributed by atoms with Crippen molar-refractivity contribution >= 4 is 28.5 Å². The lowest BCUT2D eigenvalue weighted by atomic mass is 10.0. The number of carboxylic acid groups (broad SMARTS) is 1. The third-order valence-electron chi connectivity index (χ3n) is 4.07. The molecular weight excluding hydrogens is 354 g/mol. The second-order valence-corrected chi connectivity index (χ2v) is 6.32. The Bertz CT molecular complexity index is 1030. The predicted molar refractivity (Wildman–Crippen MR) is 101 cm³/mol. The number of hydrogen-bond acceptors (Lipinski definition) is 3. The maximum absolute atomic E-state index is 12.9. The molecule has 0 fully saturated rings. The van der Waals surface area contributed by atoms with Crippen LogP contribution in [0.5, 0.6) is 5.75 Å². The molecule has 134 valence electrons. The number of aromatic nitrogens is 1. The number of benzene rings is 2. The van der Waals surface area contributed by atoms with Crippen LogP contribution in [0.4, 0.5) is 0 Å². The van der Waals surface area contributed by atoms with Crippen LogP contribution in [0.2, 0.25) is 5.02 Å². The number of pyridine rings is 1. The van der Waals surface area contributed by atoms with Gasteiger partial charge in [-0.25, -0.2) is 0 Å². The van der Waals surface area contributed by atoms with Gasteiger partial charge in [-0.2, -0.15) is 0 Å². The topological polar surface area (TPSA) is 68.5 Å². The Kier molecular flexibility index (Phi) is 5.28. The highest BCUT2D eigenvalue weighted by atomic mass is 35.5. The van der Waals surface area contributed by atoms with E-state index in [1.165, 1.54) is 0 Å². The van der Waals surface area contributed by atoms with E-state index in [-0.39, 0.29) is 12.0 Å². The van der Waals surface area contributed by atoms with Crippen LogP contribution in [-0.2, 0) is 17.8 Å². The number of ether oxygens (including phenoxy) is 1. The highest BCUT2D eigenvalue weighted by Crippen LogP contribution is 2.23. The molecule has 3 aromatic rings. The molecule has 0 saturated heterocycles. The van der Waals surface area contributed by atoms with Gasteiger partial charge in [0.1, 0.15) is 12.3 Å². The Morgan fingerprint density at radius 2 is 1.96 bits per heavy atom. The lowest BCUT2D eigenvalue weighted by Crippen LogP contribution is -2.18. The van der Waals surface area contributed by atoms with E-state index < -0.39 is 5.97 Å². The second kappa shape index (κ2) is 7.62. The van der Waals surface area contributed by atoms with Crippen molar-refractivity contribution in [3.05, 3.63) is 75.0 Å². The molecule has 1 N–H and O–H groups in total. The highest BCUT2D eigenvalue weighted by molar-refractivity contribution is 6.31. The molecule has 0 unspecified atom stereocenters. The Morgan fingerprint density at radius 3 is 2.69 bits per heavy atom. The zero-order valence-electron chi connectivity index (χ0n) is 14.2. The quantitative estimate of drug-likeness (QED) is 0.716. The SMILES string of the molecule is CCOc1ccccc1Cc1cn(CC(=O)O)c2ccc(Cl)cc2c1=O. The molecule has 5 nitrogen and oxygen atoms in total. The highest BCUT2D eigenvalue weighted by Gasteiger charge is 2.13. The van der Waals surface area contributed by atoms with Crippen LogP contribution in [0.15, 0.2) is 53.5 Å². The van der Waals surface area contributed by atoms with Gasteiger partial charge in [-0.15, -0.1) is 0 Å². The first-order chi connectivity index (χ1) is 12.5. The van der Waals surface area contributed by atoms with Gasteiger partial charge in [0.2, 0.25) is 0 Å². The molecule has 3 rings (SSSR count). The standard InChI is InChI=1S/C20H18ClNO4/c1-2-26-18-6-4-3-5-13(18)9-14-11-22(12-19(23)24)17-8-7-15(21)10-16(17)20(14)25/h3-8,10-11H,2,9,12H2,1H3,(H,23,24). The van der Waals surface area contributed by atoms with Crippen molar-refractivity contribution in [2.75, 3.05) is 6.61 Å². The summed E-state index contributed by atoms with van der Waals surface area (Å²) in [5, 5.41) is 10.0. The van der Waals surface area contributed by atoms with Crippen LogP contribution in [0.1, 0.15) is 18.1 Å². The number of carboxylic acids is 1. The van der Waals surface area contributed by atoms with Crippen LogP contribution in [-0.4, -0.2) is 22.2 Å². The molecule has 0 bridgehead atoms. The molecule has 0 aliphatic carbocycles. The van der Waals surface area contributed by atoms with Gasteiger partial charge in [0.05, 0.1) is 12.1 Å². The molecule has 1 aromatic heterocycles. The van der Waals surface area contributed by atoms with Crippen molar-refractivity contribution in [2.45, 2.75) is 19.9 Å². The van der Waals surface area contributed by atoms with Crippen LogP contribution in [0.3, 0.4) is 0 Å². The normalized spacial score (nSPS) is 10.8. The third-order valence-corrected chi connectivity index (χ3v) is 4.31. The number of rotatable bonds is 6. The molecule has 26 heavy (non-hydrogen) atoms. The summed E-state index contributed by atoms with van der Waals surface area (Å²) in [5.41, 5.74) is 1.75. The zero-order chi connectivity index (χ0) is 18.7. The van der Waals surface area contributed by atoms with E-state index in [4.69, 9.17) is 16.3 Å². The minimum atomic E-state index is -0.981. The molecule has 0 aliphatic rings. The maximum Gasteiger partial charge on any atom is 0.323 e. The number of para-hydroxylation sites is 1. The molecule has 0 saturated carbocycles. The molecule has 2 aromatic carbocycles. The minimum absolute atomic E-state index is 0.157. The fourth-order valence-electron chi connectivity index (χ4n) is 2.98. The fourth-order valence-corrected chi connectivity index (χ4v) is 3.16. The molecule has 6 heteroatoms. The number of fused-ring (bicyclic) bond motifs is 1. The second-order valence-electron chi connectivity index (χ2n) is 5.88. The van der Waals surface area contributed by atoms with Gasteiger partial charge in [0, 0.05) is 28.6 Å². The van der Waals surface area contributed by atoms with Crippen molar-refractivity contribution < 1.29 is 14.6 Å². The fraction of sp³-hybridized carbons (Fsp3) is 0.200. The van der Waals surface area contributed by atoms with Crippen molar-refractivity contribution in [1.82, 2.24) is 4.57 Å². The van der Waals surface area contributed by atoms with Crippen molar-refractivity contribution in [3.63, 3.8) is 0 Å². The molecule has 1 heterocycles. The smallest absolute Gasteiger partial charge is 0.323 e. The lowest BCUT2D eigenvalue weighted by molar-refractivity contribution is -0.137. The summed E-state index contributed by atoms with van der Waals surface area (Å²) in [6.45, 7) is 2.18. The van der Waals surface area contributed by atoms with Crippen LogP contribution in [0.25, 0.3) is 10.9 Å². The Morgan fingerprint density at radius 1 is 1.19 bits per heavy atom. The van der Waals surface area contributed by atoms with Gasteiger partial charge in [-0.3, -0.25) is 9.59 Å². The van der Waals surface area contributed by atoms with Crippen molar-refractivity contribution in [3.8, 4) is 5.75 Å². The maximum atomic E-state index is 12.9. The monoisotopic (exact) mass is 371 g/mol. The summed E-state index contributed by atoms with van der Waals surface area (Å²) < 4.78 is 7.19. The average Bonchev–Trinajstić information content (AvgIpc) is 2.60. The van der Waals surface area contributed by atoms with E-state index in [0.717, 1.165) is 5.56 Å². The average molecular weight is 372 g/mol. The van der Waals surface area contributed by atoms with E-state index in [2.05, 4.69) is 0 Å². The summed E-state index contributed by atoms with van der Waals surface area (Å²) in [5.74, 6) is -0.268. The predicted octanol–water partition coefficient (Wildman–Crippen LogP) is 3.73. The molecule has 0 aliphatic heterocycles. The van der Waals surface area contributed by atoms with Gasteiger partial charge in [0.15, 0.2) is 5.43 Å². The molecule has 0 amide bonds. The Hall–Kier alpha value is -2.79. The zero-order valence-corrected chi connectivity index (χ0v) is 15.0. The Balaban J connectivity index is 2.15. The number of aliphatic carboxylic acids is 1. The van der Waals surface area contributed by atoms with Crippen LogP contribution < -0.4 is 10.2 Å². The van der Waals surface area contributed by atoms with Gasteiger partial charge >= 0.3 is 5.97 Å². The summed E-state index contributed by atoms with van der Waals surface area (Å²) in [6, 6.07) is 12.4. The van der Waals surface area contributed by atoms with E-state index in [0.29, 0.717) is 40.3 Å². The lowest BCUT2D eigenvalue weighted by Gasteiger charge is -2.14. The largest absolute Gasteiger partial charge is 0.494 e. The van der Waals surface area contributed by atoms with E-state index in [1.54, 1.807) is 29.0 Å². The van der Waals surface area contributed by atoms with Crippen molar-refractivity contribution in [1.29, 1.82) is 0 Å². The van der Waals surface area contributed by atoms with Crippen LogP contribution >= 0.6 is 11.6 Å². The number of nitrogens with zero attached hydrogens (tertiary/aromatic N) is 1. The van der Waals surface area contributed by atoms with Crippen molar-refractivity contribution in [2.24, 2.45) is 0 Å².